The van der Waals surface area contributed by atoms with Crippen LogP contribution in [0.3, 0.4) is 0 Å². The minimum absolute atomic E-state index is 0.0236. The van der Waals surface area contributed by atoms with Gasteiger partial charge in [0.05, 0.1) is 7.11 Å². The molecule has 2 aromatic carbocycles. The van der Waals surface area contributed by atoms with Gasteiger partial charge in [0.25, 0.3) is 0 Å². The quantitative estimate of drug-likeness (QED) is 0.746. The van der Waals surface area contributed by atoms with Crippen molar-refractivity contribution in [2.24, 2.45) is 0 Å². The van der Waals surface area contributed by atoms with Gasteiger partial charge in [0.2, 0.25) is 5.89 Å². The lowest BCUT2D eigenvalue weighted by Gasteiger charge is -2.07. The van der Waals surface area contributed by atoms with Crippen molar-refractivity contribution in [1.82, 2.24) is 4.98 Å². The molecule has 0 bridgehead atoms. The summed E-state index contributed by atoms with van der Waals surface area (Å²) < 4.78 is 15.5. The summed E-state index contributed by atoms with van der Waals surface area (Å²) in [5, 5.41) is 9.91. The second-order valence-electron chi connectivity index (χ2n) is 4.51. The number of hydrogen-bond acceptors (Lipinski definition) is 6. The predicted molar refractivity (Wildman–Crippen MR) is 77.8 cm³/mol. The van der Waals surface area contributed by atoms with Crippen molar-refractivity contribution in [3.63, 3.8) is 0 Å². The van der Waals surface area contributed by atoms with Gasteiger partial charge >= 0.3 is 5.97 Å². The fourth-order valence-electron chi connectivity index (χ4n) is 2.04. The van der Waals surface area contributed by atoms with Crippen molar-refractivity contribution in [2.45, 2.75) is 6.61 Å². The highest BCUT2D eigenvalue weighted by molar-refractivity contribution is 5.93. The first-order valence-corrected chi connectivity index (χ1v) is 6.56. The van der Waals surface area contributed by atoms with Crippen LogP contribution in [0.2, 0.25) is 0 Å². The number of aromatic hydroxyl groups is 1. The van der Waals surface area contributed by atoms with Gasteiger partial charge in [0.1, 0.15) is 11.1 Å². The Balaban J connectivity index is 1.74. The van der Waals surface area contributed by atoms with Gasteiger partial charge in [-0.1, -0.05) is 18.2 Å². The minimum Gasteiger partial charge on any atom is -0.504 e. The van der Waals surface area contributed by atoms with Crippen LogP contribution in [-0.4, -0.2) is 23.2 Å². The smallest absolute Gasteiger partial charge is 0.342 e. The molecule has 0 unspecified atom stereocenters. The fraction of sp³-hybridized carbons (Fsp3) is 0.125. The molecule has 0 fully saturated rings. The number of phenols is 1. The largest absolute Gasteiger partial charge is 0.504 e. The monoisotopic (exact) mass is 299 g/mol. The first-order valence-electron chi connectivity index (χ1n) is 6.56. The average Bonchev–Trinajstić information content (AvgIpc) is 2.95. The summed E-state index contributed by atoms with van der Waals surface area (Å²) in [5.74, 6) is -0.445. The molecular weight excluding hydrogens is 286 g/mol. The molecule has 1 heterocycles. The predicted octanol–water partition coefficient (Wildman–Crippen LogP) is 2.90. The number of oxazole rings is 1. The zero-order valence-electron chi connectivity index (χ0n) is 11.8. The van der Waals surface area contributed by atoms with Gasteiger partial charge in [-0.3, -0.25) is 0 Å². The first kappa shape index (κ1) is 13.9. The highest BCUT2D eigenvalue weighted by Gasteiger charge is 2.17. The van der Waals surface area contributed by atoms with E-state index in [4.69, 9.17) is 13.9 Å². The number of methoxy groups -OCH3 is 1. The van der Waals surface area contributed by atoms with Gasteiger partial charge < -0.3 is 19.0 Å². The van der Waals surface area contributed by atoms with Crippen LogP contribution in [0, 0.1) is 0 Å². The number of benzene rings is 2. The highest BCUT2D eigenvalue weighted by Crippen LogP contribution is 2.30. The van der Waals surface area contributed by atoms with Crippen LogP contribution in [0.4, 0.5) is 0 Å². The number of carbonyl (C=O) groups excluding carboxylic acids is 1. The maximum Gasteiger partial charge on any atom is 0.342 e. The molecule has 0 radical (unpaired) electrons. The number of fused-ring (bicyclic) bond motifs is 1. The summed E-state index contributed by atoms with van der Waals surface area (Å²) in [7, 11) is 1.41. The van der Waals surface area contributed by atoms with E-state index < -0.39 is 5.97 Å². The Morgan fingerprint density at radius 3 is 2.82 bits per heavy atom. The molecule has 6 nitrogen and oxygen atoms in total. The molecule has 0 amide bonds. The summed E-state index contributed by atoms with van der Waals surface area (Å²) in [5.41, 5.74) is 1.34. The number of aromatic nitrogens is 1. The number of para-hydroxylation sites is 3. The van der Waals surface area contributed by atoms with Crippen LogP contribution in [0.1, 0.15) is 16.2 Å². The number of phenolic OH excluding ortho intramolecular Hbond substituents is 1. The van der Waals surface area contributed by atoms with E-state index in [2.05, 4.69) is 4.98 Å². The lowest BCUT2D eigenvalue weighted by molar-refractivity contribution is 0.0436. The third kappa shape index (κ3) is 2.58. The number of esters is 1. The van der Waals surface area contributed by atoms with E-state index in [1.807, 2.05) is 12.1 Å². The van der Waals surface area contributed by atoms with Crippen LogP contribution in [0.5, 0.6) is 11.5 Å². The van der Waals surface area contributed by atoms with E-state index in [0.717, 1.165) is 0 Å². The van der Waals surface area contributed by atoms with Crippen LogP contribution in [0.25, 0.3) is 11.1 Å². The van der Waals surface area contributed by atoms with E-state index >= 15 is 0 Å². The molecule has 0 aliphatic rings. The molecule has 0 aliphatic carbocycles. The van der Waals surface area contributed by atoms with Gasteiger partial charge in [0, 0.05) is 0 Å². The Morgan fingerprint density at radius 1 is 1.23 bits per heavy atom. The Labute approximate surface area is 125 Å². The zero-order valence-corrected chi connectivity index (χ0v) is 11.8. The normalized spacial score (nSPS) is 10.6. The molecule has 3 rings (SSSR count). The molecule has 0 saturated carbocycles. The van der Waals surface area contributed by atoms with Gasteiger partial charge in [0.15, 0.2) is 23.7 Å². The second-order valence-corrected chi connectivity index (χ2v) is 4.51. The summed E-state index contributed by atoms with van der Waals surface area (Å²) >= 11 is 0. The second kappa shape index (κ2) is 5.77. The molecule has 6 heteroatoms. The number of nitrogens with zero attached hydrogens (tertiary/aromatic N) is 1. The zero-order chi connectivity index (χ0) is 15.5. The maximum absolute atomic E-state index is 12.0. The van der Waals surface area contributed by atoms with Gasteiger partial charge in [-0.15, -0.1) is 0 Å². The topological polar surface area (TPSA) is 81.8 Å². The Kier molecular flexibility index (Phi) is 3.65. The van der Waals surface area contributed by atoms with Crippen molar-refractivity contribution in [3.05, 3.63) is 53.9 Å². The number of hydrogen-bond donors (Lipinski definition) is 1. The van der Waals surface area contributed by atoms with E-state index in [-0.39, 0.29) is 29.6 Å². The summed E-state index contributed by atoms with van der Waals surface area (Å²) in [6, 6.07) is 11.8. The van der Waals surface area contributed by atoms with Crippen LogP contribution in [0.15, 0.2) is 46.9 Å². The minimum atomic E-state index is -0.682. The average molecular weight is 299 g/mol. The summed E-state index contributed by atoms with van der Waals surface area (Å²) in [6.07, 6.45) is 0. The van der Waals surface area contributed by atoms with Crippen molar-refractivity contribution >= 4 is 17.1 Å². The van der Waals surface area contributed by atoms with Crippen molar-refractivity contribution in [3.8, 4) is 11.5 Å². The number of carbonyl (C=O) groups is 1. The number of ether oxygens (including phenoxy) is 2. The molecule has 0 saturated heterocycles. The fourth-order valence-corrected chi connectivity index (χ4v) is 2.04. The lowest BCUT2D eigenvalue weighted by Crippen LogP contribution is -2.06. The Bertz CT molecular complexity index is 791. The molecule has 0 aliphatic heterocycles. The molecule has 3 aromatic rings. The molecule has 1 N–H and O–H groups in total. The Morgan fingerprint density at radius 2 is 2.05 bits per heavy atom. The molecule has 1 aromatic heterocycles. The highest BCUT2D eigenvalue weighted by atomic mass is 16.5. The molecule has 0 spiro atoms. The molecule has 22 heavy (non-hydrogen) atoms. The van der Waals surface area contributed by atoms with Crippen LogP contribution >= 0.6 is 0 Å². The molecule has 0 atom stereocenters. The maximum atomic E-state index is 12.0. The molecule has 112 valence electrons. The Hall–Kier alpha value is -3.02. The lowest BCUT2D eigenvalue weighted by atomic mass is 10.2. The SMILES string of the molecule is COc1cccc(C(=O)OCc2nc3ccccc3o2)c1O. The van der Waals surface area contributed by atoms with Crippen molar-refractivity contribution < 1.29 is 23.8 Å². The summed E-state index contributed by atoms with van der Waals surface area (Å²) in [4.78, 5) is 16.2. The van der Waals surface area contributed by atoms with Crippen molar-refractivity contribution in [2.75, 3.05) is 7.11 Å². The van der Waals surface area contributed by atoms with Gasteiger partial charge in [-0.05, 0) is 24.3 Å². The van der Waals surface area contributed by atoms with E-state index in [1.54, 1.807) is 24.3 Å². The number of rotatable bonds is 4. The van der Waals surface area contributed by atoms with E-state index in [1.165, 1.54) is 13.2 Å². The third-order valence-electron chi connectivity index (χ3n) is 3.10. The van der Waals surface area contributed by atoms with Gasteiger partial charge in [-0.25, -0.2) is 9.78 Å². The first-order chi connectivity index (χ1) is 10.7. The standard InChI is InChI=1S/C16H13NO5/c1-20-13-8-4-5-10(15(13)18)16(19)21-9-14-17-11-6-2-3-7-12(11)22-14/h2-8,18H,9H2,1H3. The van der Waals surface area contributed by atoms with E-state index in [9.17, 15) is 9.90 Å². The van der Waals surface area contributed by atoms with Crippen LogP contribution in [-0.2, 0) is 11.3 Å². The van der Waals surface area contributed by atoms with Crippen LogP contribution < -0.4 is 4.74 Å². The van der Waals surface area contributed by atoms with Gasteiger partial charge in [-0.2, -0.15) is 0 Å². The van der Waals surface area contributed by atoms with E-state index in [0.29, 0.717) is 11.1 Å². The molecular formula is C16H13NO5. The third-order valence-corrected chi connectivity index (χ3v) is 3.10. The summed E-state index contributed by atoms with van der Waals surface area (Å²) in [6.45, 7) is -0.121. The van der Waals surface area contributed by atoms with Crippen molar-refractivity contribution in [1.29, 1.82) is 0 Å².